The number of guanidine groups is 1. The molecule has 0 radical (unpaired) electrons. The normalized spacial score (nSPS) is 12.8. The van der Waals surface area contributed by atoms with Crippen molar-refractivity contribution in [3.63, 3.8) is 0 Å². The second kappa shape index (κ2) is 14.2. The third-order valence-electron chi connectivity index (χ3n) is 4.81. The van der Waals surface area contributed by atoms with Crippen molar-refractivity contribution in [3.8, 4) is 0 Å². The topological polar surface area (TPSA) is 113 Å². The Labute approximate surface area is 201 Å². The van der Waals surface area contributed by atoms with Gasteiger partial charge in [-0.2, -0.15) is 0 Å². The van der Waals surface area contributed by atoms with Crippen LogP contribution in [0.2, 0.25) is 5.02 Å². The molecule has 0 saturated heterocycles. The Hall–Kier alpha value is -3.04. The molecule has 1 aromatic carbocycles. The minimum Gasteiger partial charge on any atom is -0.384 e. The molecule has 9 nitrogen and oxygen atoms in total. The molecule has 2 heterocycles. The van der Waals surface area contributed by atoms with Crippen LogP contribution in [0.15, 0.2) is 53.7 Å². The molecule has 1 aliphatic heterocycles. The van der Waals surface area contributed by atoms with Crippen LogP contribution in [0.3, 0.4) is 0 Å². The lowest BCUT2D eigenvalue weighted by Crippen LogP contribution is -2.47. The van der Waals surface area contributed by atoms with Gasteiger partial charge in [-0.15, -0.1) is 0 Å². The maximum atomic E-state index is 12.4. The van der Waals surface area contributed by atoms with E-state index in [1.54, 1.807) is 19.6 Å². The molecule has 1 aromatic heterocycles. The quantitative estimate of drug-likeness (QED) is 0.192. The van der Waals surface area contributed by atoms with Crippen LogP contribution in [0.25, 0.3) is 0 Å². The Morgan fingerprint density at radius 1 is 1.30 bits per heavy atom. The Kier molecular flexibility index (Phi) is 11.3. The van der Waals surface area contributed by atoms with Gasteiger partial charge in [0.05, 0.1) is 24.3 Å². The van der Waals surface area contributed by atoms with E-state index >= 15 is 0 Å². The summed E-state index contributed by atoms with van der Waals surface area (Å²) < 4.78 is 1.98. The van der Waals surface area contributed by atoms with Gasteiger partial charge in [0.25, 0.3) is 5.91 Å². The molecule has 0 aliphatic carbocycles. The van der Waals surface area contributed by atoms with Crippen molar-refractivity contribution >= 4 is 29.2 Å². The number of hydrogen-bond donors (Lipinski definition) is 4. The van der Waals surface area contributed by atoms with Crippen LogP contribution in [-0.4, -0.2) is 41.6 Å². The van der Waals surface area contributed by atoms with Gasteiger partial charge in [-0.1, -0.05) is 44.0 Å². The largest absolute Gasteiger partial charge is 0.384 e. The fourth-order valence-electron chi connectivity index (χ4n) is 3.28. The third-order valence-corrected chi connectivity index (χ3v) is 5.16. The van der Waals surface area contributed by atoms with Gasteiger partial charge in [0, 0.05) is 49.7 Å². The number of benzene rings is 1. The number of aromatic nitrogens is 2. The zero-order chi connectivity index (χ0) is 24.1. The van der Waals surface area contributed by atoms with Crippen molar-refractivity contribution in [3.05, 3.63) is 59.3 Å². The number of aliphatic imine (C=N–C) groups is 1. The summed E-state index contributed by atoms with van der Waals surface area (Å²) in [6.07, 6.45) is 9.97. The number of nitrogens with two attached hydrogens (primary N) is 1. The monoisotopic (exact) mass is 474 g/mol. The number of hydrogen-bond acceptors (Lipinski definition) is 7. The highest BCUT2D eigenvalue weighted by atomic mass is 35.5. The van der Waals surface area contributed by atoms with Crippen molar-refractivity contribution in [1.82, 2.24) is 25.6 Å². The number of nitrogens with one attached hydrogen (secondary N) is 3. The average molecular weight is 475 g/mol. The first kappa shape index (κ1) is 26.2. The van der Waals surface area contributed by atoms with E-state index < -0.39 is 0 Å². The van der Waals surface area contributed by atoms with Crippen molar-refractivity contribution in [2.75, 3.05) is 25.0 Å². The fraction of sp³-hybridized carbons (Fsp3) is 0.435. The van der Waals surface area contributed by atoms with Crippen LogP contribution >= 0.6 is 11.6 Å². The molecule has 10 heteroatoms. The zero-order valence-electron chi connectivity index (χ0n) is 19.6. The van der Waals surface area contributed by atoms with Crippen LogP contribution in [0.5, 0.6) is 0 Å². The maximum Gasteiger partial charge on any atom is 0.267 e. The number of likely N-dealkylation sites (N-methyl/N-ethyl adjacent to an activating group) is 1. The summed E-state index contributed by atoms with van der Waals surface area (Å²) in [5.41, 5.74) is 5.10. The highest BCUT2D eigenvalue weighted by molar-refractivity contribution is 6.32. The summed E-state index contributed by atoms with van der Waals surface area (Å²) in [7, 11) is 1.74. The van der Waals surface area contributed by atoms with Crippen LogP contribution in [0.4, 0.5) is 5.69 Å². The van der Waals surface area contributed by atoms with E-state index in [4.69, 9.17) is 17.4 Å². The van der Waals surface area contributed by atoms with Gasteiger partial charge in [0.2, 0.25) is 5.96 Å². The molecule has 0 fully saturated rings. The van der Waals surface area contributed by atoms with E-state index in [-0.39, 0.29) is 5.91 Å². The second-order valence-electron chi connectivity index (χ2n) is 7.45. The molecular formula is C23H35ClN8O. The number of rotatable bonds is 9. The summed E-state index contributed by atoms with van der Waals surface area (Å²) in [6.45, 7) is 6.71. The molecule has 2 aromatic rings. The number of amides is 1. The van der Waals surface area contributed by atoms with E-state index in [0.29, 0.717) is 42.7 Å². The first-order valence-electron chi connectivity index (χ1n) is 11.2. The van der Waals surface area contributed by atoms with E-state index in [0.717, 1.165) is 24.2 Å². The number of halogens is 1. The number of aryl methyl sites for hydroxylation is 1. The number of hydrazine groups is 1. The van der Waals surface area contributed by atoms with E-state index in [9.17, 15) is 4.79 Å². The van der Waals surface area contributed by atoms with Crippen LogP contribution in [0.1, 0.15) is 38.7 Å². The Morgan fingerprint density at radius 3 is 2.76 bits per heavy atom. The van der Waals surface area contributed by atoms with Gasteiger partial charge < -0.3 is 20.1 Å². The molecule has 33 heavy (non-hydrogen) atoms. The van der Waals surface area contributed by atoms with E-state index in [1.807, 2.05) is 39.9 Å². The summed E-state index contributed by atoms with van der Waals surface area (Å²) in [6, 6.07) is 5.74. The smallest absolute Gasteiger partial charge is 0.267 e. The van der Waals surface area contributed by atoms with Crippen molar-refractivity contribution < 1.29 is 4.79 Å². The molecule has 0 spiro atoms. The van der Waals surface area contributed by atoms with E-state index in [2.05, 4.69) is 39.9 Å². The van der Waals surface area contributed by atoms with Gasteiger partial charge in [-0.05, 0) is 25.0 Å². The standard InChI is InChI=1S/C20H27ClN8O.C3H8/c1-23-17(19(30)25-8-4-10-28-12-9-24-14-28)6-3-11-29-18-7-2-5-16(21)15(18)13-26-20(29)27-22;1-3-2/h2,5-7,9,12,14,23H,3-4,8,10-11,13,22H2,1H3,(H,25,30)(H,26,27);3H2,1-2H3/b17-6-;. The van der Waals surface area contributed by atoms with E-state index in [1.165, 1.54) is 6.42 Å². The Balaban J connectivity index is 0.00000122. The predicted molar refractivity (Wildman–Crippen MR) is 135 cm³/mol. The highest BCUT2D eigenvalue weighted by Crippen LogP contribution is 2.31. The fourth-order valence-corrected chi connectivity index (χ4v) is 3.51. The average Bonchev–Trinajstić information content (AvgIpc) is 3.34. The number of fused-ring (bicyclic) bond motifs is 1. The molecular weight excluding hydrogens is 440 g/mol. The SMILES string of the molecule is CCC.CN/C(=C\CCN1C(NN)=NCc2c(Cl)cccc21)C(=O)NCCCn1ccnc1. The number of carbonyl (C=O) groups is 1. The number of carbonyl (C=O) groups excluding carboxylic acids is 1. The van der Waals surface area contributed by atoms with Gasteiger partial charge in [-0.25, -0.2) is 15.8 Å². The summed E-state index contributed by atoms with van der Waals surface area (Å²) >= 11 is 6.31. The number of anilines is 1. The van der Waals surface area contributed by atoms with Crippen LogP contribution in [0, 0.1) is 0 Å². The molecule has 0 bridgehead atoms. The van der Waals surface area contributed by atoms with Gasteiger partial charge in [0.1, 0.15) is 0 Å². The van der Waals surface area contributed by atoms with Gasteiger partial charge in [-0.3, -0.25) is 10.2 Å². The molecule has 3 rings (SSSR count). The molecule has 5 N–H and O–H groups in total. The lowest BCUT2D eigenvalue weighted by molar-refractivity contribution is -0.117. The lowest BCUT2D eigenvalue weighted by Gasteiger charge is -2.31. The molecule has 0 unspecified atom stereocenters. The van der Waals surface area contributed by atoms with Gasteiger partial charge >= 0.3 is 0 Å². The van der Waals surface area contributed by atoms with Crippen molar-refractivity contribution in [1.29, 1.82) is 0 Å². The summed E-state index contributed by atoms with van der Waals surface area (Å²) in [5.74, 6) is 6.09. The van der Waals surface area contributed by atoms with Gasteiger partial charge in [0.15, 0.2) is 0 Å². The van der Waals surface area contributed by atoms with Crippen LogP contribution in [-0.2, 0) is 17.9 Å². The molecule has 0 atom stereocenters. The summed E-state index contributed by atoms with van der Waals surface area (Å²) in [4.78, 5) is 22.9. The minimum atomic E-state index is -0.129. The number of nitrogens with zero attached hydrogens (tertiary/aromatic N) is 4. The first-order chi connectivity index (χ1) is 16.0. The Morgan fingerprint density at radius 2 is 2.09 bits per heavy atom. The maximum absolute atomic E-state index is 12.4. The predicted octanol–water partition coefficient (Wildman–Crippen LogP) is 2.79. The molecule has 1 amide bonds. The first-order valence-corrected chi connectivity index (χ1v) is 11.6. The highest BCUT2D eigenvalue weighted by Gasteiger charge is 2.22. The summed E-state index contributed by atoms with van der Waals surface area (Å²) in [5, 5.41) is 6.59. The molecule has 1 aliphatic rings. The minimum absolute atomic E-state index is 0.129. The zero-order valence-corrected chi connectivity index (χ0v) is 20.4. The van der Waals surface area contributed by atoms with Crippen LogP contribution < -0.4 is 26.8 Å². The van der Waals surface area contributed by atoms with Crippen molar-refractivity contribution in [2.45, 2.75) is 46.2 Å². The molecule has 0 saturated carbocycles. The number of imidazole rings is 1. The van der Waals surface area contributed by atoms with Crippen molar-refractivity contribution in [2.24, 2.45) is 10.8 Å². The lowest BCUT2D eigenvalue weighted by atomic mass is 10.1. The second-order valence-corrected chi connectivity index (χ2v) is 7.85. The molecule has 180 valence electrons. The Bertz CT molecular complexity index is 927. The third kappa shape index (κ3) is 7.80.